The van der Waals surface area contributed by atoms with Crippen molar-refractivity contribution < 1.29 is 0 Å². The van der Waals surface area contributed by atoms with Crippen LogP contribution >= 0.6 is 0 Å². The molecule has 6 heteroatoms. The highest BCUT2D eigenvalue weighted by Gasteiger charge is 2.14. The van der Waals surface area contributed by atoms with Crippen molar-refractivity contribution in [2.75, 3.05) is 0 Å². The van der Waals surface area contributed by atoms with Crippen LogP contribution in [0, 0.1) is 5.92 Å². The molecule has 1 heterocycles. The number of tetrazole rings is 1. The first-order valence-electron chi connectivity index (χ1n) is 5.34. The lowest BCUT2D eigenvalue weighted by atomic mass is 9.98. The van der Waals surface area contributed by atoms with Gasteiger partial charge in [0.15, 0.2) is 5.82 Å². The third kappa shape index (κ3) is 3.93. The smallest absolute Gasteiger partial charge is 0.176 e. The minimum absolute atomic E-state index is 0.226. The molecule has 0 saturated heterocycles. The molecule has 15 heavy (non-hydrogen) atoms. The summed E-state index contributed by atoms with van der Waals surface area (Å²) in [5, 5.41) is 11.9. The first-order valence-corrected chi connectivity index (χ1v) is 5.34. The minimum atomic E-state index is 0.226. The predicted molar refractivity (Wildman–Crippen MR) is 57.7 cm³/mol. The van der Waals surface area contributed by atoms with Crippen molar-refractivity contribution >= 4 is 0 Å². The molecule has 0 radical (unpaired) electrons. The molecule has 0 saturated carbocycles. The van der Waals surface area contributed by atoms with Crippen LogP contribution in [0.1, 0.15) is 32.5 Å². The van der Waals surface area contributed by atoms with Gasteiger partial charge < -0.3 is 0 Å². The van der Waals surface area contributed by atoms with E-state index in [2.05, 4.69) is 34.7 Å². The lowest BCUT2D eigenvalue weighted by Gasteiger charge is -2.17. The minimum Gasteiger partial charge on any atom is -0.271 e. The van der Waals surface area contributed by atoms with Crippen molar-refractivity contribution in [2.24, 2.45) is 18.8 Å². The Hall–Kier alpha value is -1.01. The van der Waals surface area contributed by atoms with E-state index >= 15 is 0 Å². The van der Waals surface area contributed by atoms with Gasteiger partial charge in [-0.15, -0.1) is 10.2 Å². The van der Waals surface area contributed by atoms with E-state index in [1.54, 1.807) is 7.05 Å². The molecule has 0 amide bonds. The first-order chi connectivity index (χ1) is 7.15. The van der Waals surface area contributed by atoms with Gasteiger partial charge in [-0.2, -0.15) is 4.80 Å². The number of aryl methyl sites for hydroxylation is 1. The van der Waals surface area contributed by atoms with E-state index in [1.165, 1.54) is 4.80 Å². The average molecular weight is 212 g/mol. The summed E-state index contributed by atoms with van der Waals surface area (Å²) in [6.07, 6.45) is 2.92. The zero-order chi connectivity index (χ0) is 11.3. The van der Waals surface area contributed by atoms with Crippen LogP contribution in [0.4, 0.5) is 0 Å². The van der Waals surface area contributed by atoms with E-state index in [0.717, 1.165) is 25.1 Å². The lowest BCUT2D eigenvalue weighted by Crippen LogP contribution is -2.38. The molecule has 6 nitrogen and oxygen atoms in total. The Kier molecular flexibility index (Phi) is 4.64. The second-order valence-electron chi connectivity index (χ2n) is 4.01. The molecule has 0 aromatic carbocycles. The van der Waals surface area contributed by atoms with Crippen molar-refractivity contribution in [1.29, 1.82) is 0 Å². The summed E-state index contributed by atoms with van der Waals surface area (Å²) in [7, 11) is 1.76. The molecule has 2 unspecified atom stereocenters. The number of nitrogens with zero attached hydrogens (tertiary/aromatic N) is 4. The number of nitrogens with one attached hydrogen (secondary N) is 1. The Morgan fingerprint density at radius 1 is 1.53 bits per heavy atom. The highest BCUT2D eigenvalue weighted by Crippen LogP contribution is 2.11. The summed E-state index contributed by atoms with van der Waals surface area (Å²) >= 11 is 0. The summed E-state index contributed by atoms with van der Waals surface area (Å²) in [5.41, 5.74) is 2.81. The largest absolute Gasteiger partial charge is 0.271 e. The van der Waals surface area contributed by atoms with Gasteiger partial charge >= 0.3 is 0 Å². The fourth-order valence-corrected chi connectivity index (χ4v) is 1.49. The number of aromatic nitrogens is 4. The molecule has 0 bridgehead atoms. The molecule has 0 aliphatic rings. The molecule has 0 aliphatic heterocycles. The van der Waals surface area contributed by atoms with Gasteiger partial charge in [0.25, 0.3) is 0 Å². The molecule has 1 rings (SSSR count). The topological polar surface area (TPSA) is 81.7 Å². The van der Waals surface area contributed by atoms with Crippen molar-refractivity contribution in [3.63, 3.8) is 0 Å². The number of hydrogen-bond donors (Lipinski definition) is 2. The van der Waals surface area contributed by atoms with Gasteiger partial charge in [-0.25, -0.2) is 0 Å². The Morgan fingerprint density at radius 3 is 2.73 bits per heavy atom. The van der Waals surface area contributed by atoms with Gasteiger partial charge in [-0.3, -0.25) is 11.3 Å². The number of hydrogen-bond acceptors (Lipinski definition) is 5. The fraction of sp³-hybridized carbons (Fsp3) is 0.889. The number of rotatable bonds is 6. The van der Waals surface area contributed by atoms with Crippen LogP contribution in [0.25, 0.3) is 0 Å². The molecular weight excluding hydrogens is 192 g/mol. The molecule has 3 N–H and O–H groups in total. The van der Waals surface area contributed by atoms with Crippen molar-refractivity contribution in [1.82, 2.24) is 25.6 Å². The average Bonchev–Trinajstić information content (AvgIpc) is 2.62. The number of nitrogens with two attached hydrogens (primary N) is 1. The van der Waals surface area contributed by atoms with Gasteiger partial charge in [0.05, 0.1) is 7.05 Å². The maximum absolute atomic E-state index is 5.50. The van der Waals surface area contributed by atoms with E-state index in [0.29, 0.717) is 5.92 Å². The zero-order valence-electron chi connectivity index (χ0n) is 9.64. The SMILES string of the molecule is CCC(C)CC(Cc1nnn(C)n1)NN. The van der Waals surface area contributed by atoms with Gasteiger partial charge in [-0.1, -0.05) is 20.3 Å². The first kappa shape index (κ1) is 12.1. The standard InChI is InChI=1S/C9H20N6/c1-4-7(2)5-8(11-10)6-9-12-14-15(3)13-9/h7-8,11H,4-6,10H2,1-3H3. The Bertz CT molecular complexity index is 284. The predicted octanol–water partition coefficient (Wildman–Crippen LogP) is 0.0207. The lowest BCUT2D eigenvalue weighted by molar-refractivity contribution is 0.391. The summed E-state index contributed by atoms with van der Waals surface area (Å²) in [6, 6.07) is 0.226. The molecule has 2 atom stereocenters. The second-order valence-corrected chi connectivity index (χ2v) is 4.01. The van der Waals surface area contributed by atoms with Crippen LogP contribution in [-0.2, 0) is 13.5 Å². The normalized spacial score (nSPS) is 15.2. The second kappa shape index (κ2) is 5.77. The van der Waals surface area contributed by atoms with Crippen molar-refractivity contribution in [3.05, 3.63) is 5.82 Å². The van der Waals surface area contributed by atoms with Gasteiger partial charge in [0.2, 0.25) is 0 Å². The molecule has 1 aromatic heterocycles. The maximum Gasteiger partial charge on any atom is 0.176 e. The van der Waals surface area contributed by atoms with Crippen LogP contribution in [0.5, 0.6) is 0 Å². The highest BCUT2D eigenvalue weighted by atomic mass is 15.6. The summed E-state index contributed by atoms with van der Waals surface area (Å²) in [4.78, 5) is 1.46. The highest BCUT2D eigenvalue weighted by molar-refractivity contribution is 4.84. The Labute approximate surface area is 90.2 Å². The molecule has 86 valence electrons. The van der Waals surface area contributed by atoms with E-state index < -0.39 is 0 Å². The van der Waals surface area contributed by atoms with Gasteiger partial charge in [0.1, 0.15) is 0 Å². The molecule has 0 fully saturated rings. The van der Waals surface area contributed by atoms with Gasteiger partial charge in [0, 0.05) is 12.5 Å². The van der Waals surface area contributed by atoms with E-state index in [1.807, 2.05) is 0 Å². The zero-order valence-corrected chi connectivity index (χ0v) is 9.64. The van der Waals surface area contributed by atoms with Crippen LogP contribution < -0.4 is 11.3 Å². The Morgan fingerprint density at radius 2 is 2.27 bits per heavy atom. The fourth-order valence-electron chi connectivity index (χ4n) is 1.49. The summed E-state index contributed by atoms with van der Waals surface area (Å²) in [6.45, 7) is 4.40. The summed E-state index contributed by atoms with van der Waals surface area (Å²) < 4.78 is 0. The summed E-state index contributed by atoms with van der Waals surface area (Å²) in [5.74, 6) is 6.89. The molecular formula is C9H20N6. The van der Waals surface area contributed by atoms with E-state index in [9.17, 15) is 0 Å². The molecule has 1 aromatic rings. The van der Waals surface area contributed by atoms with E-state index in [4.69, 9.17) is 5.84 Å². The van der Waals surface area contributed by atoms with E-state index in [-0.39, 0.29) is 6.04 Å². The number of hydrazine groups is 1. The maximum atomic E-state index is 5.50. The van der Waals surface area contributed by atoms with Crippen LogP contribution in [0.3, 0.4) is 0 Å². The monoisotopic (exact) mass is 212 g/mol. The van der Waals surface area contributed by atoms with Crippen molar-refractivity contribution in [3.8, 4) is 0 Å². The van der Waals surface area contributed by atoms with Crippen LogP contribution in [0.15, 0.2) is 0 Å². The third-order valence-electron chi connectivity index (χ3n) is 2.60. The third-order valence-corrected chi connectivity index (χ3v) is 2.60. The van der Waals surface area contributed by atoms with Gasteiger partial charge in [-0.05, 0) is 17.6 Å². The van der Waals surface area contributed by atoms with Crippen LogP contribution in [-0.4, -0.2) is 26.2 Å². The quantitative estimate of drug-likeness (QED) is 0.513. The molecule has 0 aliphatic carbocycles. The Balaban J connectivity index is 2.46. The van der Waals surface area contributed by atoms with Crippen molar-refractivity contribution in [2.45, 2.75) is 39.2 Å². The molecule has 0 spiro atoms. The van der Waals surface area contributed by atoms with Crippen LogP contribution in [0.2, 0.25) is 0 Å².